The summed E-state index contributed by atoms with van der Waals surface area (Å²) >= 11 is 0. The molecule has 1 unspecified atom stereocenters. The second-order valence-corrected chi connectivity index (χ2v) is 5.77. The first-order valence-electron chi connectivity index (χ1n) is 6.59. The molecular formula is C14H21NO4P+. The summed E-state index contributed by atoms with van der Waals surface area (Å²) in [5, 5.41) is 1.26. The first-order valence-corrected chi connectivity index (χ1v) is 7.99. The summed E-state index contributed by atoms with van der Waals surface area (Å²) in [5.74, 6) is -0.193. The van der Waals surface area contributed by atoms with E-state index in [1.165, 1.54) is 17.6 Å². The van der Waals surface area contributed by atoms with Crippen LogP contribution in [0.3, 0.4) is 0 Å². The molecule has 5 nitrogen and oxygen atoms in total. The molecule has 1 rings (SSSR count). The van der Waals surface area contributed by atoms with E-state index in [1.807, 2.05) is 31.2 Å². The van der Waals surface area contributed by atoms with Gasteiger partial charge in [-0.25, -0.2) is 5.06 Å². The SMILES string of the molecule is CC(=O)N(CCC[P+](=O)O)OCCc1ccc(C)cc1. The molecule has 0 bridgehead atoms. The van der Waals surface area contributed by atoms with Crippen molar-refractivity contribution < 1.29 is 19.1 Å². The molecule has 0 aliphatic carbocycles. The van der Waals surface area contributed by atoms with Crippen molar-refractivity contribution in [2.45, 2.75) is 26.7 Å². The largest absolute Gasteiger partial charge is 0.505 e. The van der Waals surface area contributed by atoms with Crippen LogP contribution in [0.2, 0.25) is 0 Å². The van der Waals surface area contributed by atoms with Gasteiger partial charge < -0.3 is 0 Å². The van der Waals surface area contributed by atoms with Crippen LogP contribution in [0.1, 0.15) is 24.5 Å². The van der Waals surface area contributed by atoms with Crippen LogP contribution in [0, 0.1) is 6.92 Å². The Balaban J connectivity index is 2.33. The van der Waals surface area contributed by atoms with Crippen LogP contribution < -0.4 is 0 Å². The fourth-order valence-corrected chi connectivity index (χ4v) is 2.10. The number of carbonyl (C=O) groups excluding carboxylic acids is 1. The minimum absolute atomic E-state index is 0.181. The molecule has 0 saturated carbocycles. The van der Waals surface area contributed by atoms with Crippen molar-refractivity contribution in [3.8, 4) is 0 Å². The van der Waals surface area contributed by atoms with Crippen molar-refractivity contribution >= 4 is 13.9 Å². The standard InChI is InChI=1S/C14H20NO4P/c1-12-4-6-14(7-5-12)8-10-19-15(13(2)16)9-3-11-20(17)18/h4-7H,3,8-11H2,1-2H3/p+1. The summed E-state index contributed by atoms with van der Waals surface area (Å²) in [6.07, 6.45) is 1.36. The lowest BCUT2D eigenvalue weighted by Gasteiger charge is -2.19. The lowest BCUT2D eigenvalue weighted by molar-refractivity contribution is -0.183. The first kappa shape index (κ1) is 16.8. The zero-order chi connectivity index (χ0) is 15.0. The van der Waals surface area contributed by atoms with Gasteiger partial charge in [-0.15, -0.1) is 0 Å². The van der Waals surface area contributed by atoms with Gasteiger partial charge in [0.15, 0.2) is 6.16 Å². The number of carbonyl (C=O) groups is 1. The highest BCUT2D eigenvalue weighted by molar-refractivity contribution is 7.37. The third-order valence-corrected chi connectivity index (χ3v) is 3.52. The molecule has 0 heterocycles. The number of hydrogen-bond donors (Lipinski definition) is 1. The Labute approximate surface area is 120 Å². The maximum absolute atomic E-state index is 11.4. The number of benzene rings is 1. The van der Waals surface area contributed by atoms with Crippen LogP contribution in [0.15, 0.2) is 24.3 Å². The quantitative estimate of drug-likeness (QED) is 0.591. The second kappa shape index (κ2) is 8.80. The van der Waals surface area contributed by atoms with Gasteiger partial charge in [-0.1, -0.05) is 29.8 Å². The summed E-state index contributed by atoms with van der Waals surface area (Å²) in [6.45, 7) is 4.20. The van der Waals surface area contributed by atoms with Crippen LogP contribution in [-0.2, 0) is 20.6 Å². The third-order valence-electron chi connectivity index (χ3n) is 2.82. The van der Waals surface area contributed by atoms with Gasteiger partial charge in [-0.05, 0) is 23.5 Å². The average molecular weight is 298 g/mol. The van der Waals surface area contributed by atoms with E-state index in [-0.39, 0.29) is 12.1 Å². The Bertz CT molecular complexity index is 447. The van der Waals surface area contributed by atoms with Crippen LogP contribution >= 0.6 is 8.03 Å². The van der Waals surface area contributed by atoms with Gasteiger partial charge in [0.25, 0.3) is 0 Å². The molecule has 1 aromatic carbocycles. The van der Waals surface area contributed by atoms with E-state index in [1.54, 1.807) is 0 Å². The van der Waals surface area contributed by atoms with E-state index in [0.717, 1.165) is 12.0 Å². The minimum atomic E-state index is -2.15. The van der Waals surface area contributed by atoms with E-state index in [9.17, 15) is 9.36 Å². The van der Waals surface area contributed by atoms with Crippen molar-refractivity contribution in [1.29, 1.82) is 0 Å². The normalized spacial score (nSPS) is 11.2. The molecule has 0 aliphatic rings. The van der Waals surface area contributed by atoms with Gasteiger partial charge in [-0.3, -0.25) is 9.63 Å². The lowest BCUT2D eigenvalue weighted by Crippen LogP contribution is -2.31. The highest BCUT2D eigenvalue weighted by Gasteiger charge is 2.14. The number of aryl methyl sites for hydroxylation is 1. The molecule has 0 fully saturated rings. The molecule has 1 amide bonds. The van der Waals surface area contributed by atoms with E-state index >= 15 is 0 Å². The highest BCUT2D eigenvalue weighted by atomic mass is 31.1. The molecule has 0 aliphatic heterocycles. The summed E-state index contributed by atoms with van der Waals surface area (Å²) in [5.41, 5.74) is 2.36. The van der Waals surface area contributed by atoms with Crippen LogP contribution in [0.4, 0.5) is 0 Å². The Morgan fingerprint density at radius 2 is 2.00 bits per heavy atom. The maximum atomic E-state index is 11.4. The molecule has 0 radical (unpaired) electrons. The van der Waals surface area contributed by atoms with Gasteiger partial charge in [0, 0.05) is 13.3 Å². The van der Waals surface area contributed by atoms with Crippen molar-refractivity contribution in [3.63, 3.8) is 0 Å². The molecule has 1 aromatic rings. The van der Waals surface area contributed by atoms with Gasteiger partial charge >= 0.3 is 8.03 Å². The number of amides is 1. The second-order valence-electron chi connectivity index (χ2n) is 4.62. The number of rotatable bonds is 8. The van der Waals surface area contributed by atoms with Crippen molar-refractivity contribution in [3.05, 3.63) is 35.4 Å². The highest BCUT2D eigenvalue weighted by Crippen LogP contribution is 2.14. The summed E-state index contributed by atoms with van der Waals surface area (Å²) in [6, 6.07) is 8.14. The smallest absolute Gasteiger partial charge is 0.273 e. The Morgan fingerprint density at radius 3 is 2.55 bits per heavy atom. The Hall–Kier alpha value is -1.29. The zero-order valence-corrected chi connectivity index (χ0v) is 12.8. The Kier molecular flexibility index (Phi) is 7.37. The molecular weight excluding hydrogens is 277 g/mol. The molecule has 0 spiro atoms. The van der Waals surface area contributed by atoms with Crippen LogP contribution in [0.25, 0.3) is 0 Å². The number of hydroxylamine groups is 2. The molecule has 0 aromatic heterocycles. The molecule has 0 saturated heterocycles. The summed E-state index contributed by atoms with van der Waals surface area (Å²) in [4.78, 5) is 25.5. The van der Waals surface area contributed by atoms with Crippen molar-refractivity contribution in [1.82, 2.24) is 5.06 Å². The van der Waals surface area contributed by atoms with Gasteiger partial charge in [0.1, 0.15) is 0 Å². The first-order chi connectivity index (χ1) is 9.49. The summed E-state index contributed by atoms with van der Waals surface area (Å²) in [7, 11) is -2.15. The van der Waals surface area contributed by atoms with Gasteiger partial charge in [0.05, 0.1) is 13.2 Å². The topological polar surface area (TPSA) is 66.8 Å². The number of hydrogen-bond acceptors (Lipinski definition) is 3. The fraction of sp³-hybridized carbons (Fsp3) is 0.500. The lowest BCUT2D eigenvalue weighted by atomic mass is 10.1. The summed E-state index contributed by atoms with van der Waals surface area (Å²) < 4.78 is 10.6. The Morgan fingerprint density at radius 1 is 1.35 bits per heavy atom. The fourth-order valence-electron chi connectivity index (χ4n) is 1.69. The van der Waals surface area contributed by atoms with E-state index in [2.05, 4.69) is 0 Å². The van der Waals surface area contributed by atoms with E-state index < -0.39 is 8.03 Å². The van der Waals surface area contributed by atoms with Crippen molar-refractivity contribution in [2.24, 2.45) is 0 Å². The zero-order valence-electron chi connectivity index (χ0n) is 11.9. The third kappa shape index (κ3) is 6.75. The van der Waals surface area contributed by atoms with Crippen LogP contribution in [-0.4, -0.2) is 35.2 Å². The molecule has 1 atom stereocenters. The van der Waals surface area contributed by atoms with Crippen molar-refractivity contribution in [2.75, 3.05) is 19.3 Å². The number of nitrogens with zero attached hydrogens (tertiary/aromatic N) is 1. The van der Waals surface area contributed by atoms with Crippen LogP contribution in [0.5, 0.6) is 0 Å². The average Bonchev–Trinajstić information content (AvgIpc) is 2.38. The molecule has 20 heavy (non-hydrogen) atoms. The minimum Gasteiger partial charge on any atom is -0.273 e. The predicted octanol–water partition coefficient (Wildman–Crippen LogP) is 2.44. The van der Waals surface area contributed by atoms with E-state index in [4.69, 9.17) is 9.73 Å². The van der Waals surface area contributed by atoms with Gasteiger partial charge in [-0.2, -0.15) is 4.89 Å². The predicted molar refractivity (Wildman–Crippen MR) is 77.5 cm³/mol. The van der Waals surface area contributed by atoms with E-state index in [0.29, 0.717) is 19.6 Å². The molecule has 6 heteroatoms. The maximum Gasteiger partial charge on any atom is 0.505 e. The molecule has 1 N–H and O–H groups in total. The molecule has 110 valence electrons. The van der Waals surface area contributed by atoms with Gasteiger partial charge in [0.2, 0.25) is 5.91 Å². The monoisotopic (exact) mass is 298 g/mol.